The number of halogens is 3. The van der Waals surface area contributed by atoms with Gasteiger partial charge in [0, 0.05) is 18.0 Å². The lowest BCUT2D eigenvalue weighted by molar-refractivity contribution is 0.102. The highest BCUT2D eigenvalue weighted by atomic mass is 35.5. The SMILES string of the molecule is O=C(Nc1cnn(Cc2ccccc2F)c1)c1ccn(COc2cccc(Cl)c2Cl)n1. The number of rotatable bonds is 7. The van der Waals surface area contributed by atoms with Gasteiger partial charge in [-0.05, 0) is 24.3 Å². The summed E-state index contributed by atoms with van der Waals surface area (Å²) in [6, 6.07) is 13.1. The van der Waals surface area contributed by atoms with Crippen LogP contribution in [0.2, 0.25) is 10.0 Å². The molecule has 0 aliphatic rings. The maximum atomic E-state index is 13.8. The van der Waals surface area contributed by atoms with Crippen LogP contribution >= 0.6 is 23.2 Å². The van der Waals surface area contributed by atoms with Gasteiger partial charge in [0.25, 0.3) is 5.91 Å². The smallest absolute Gasteiger partial charge is 0.276 e. The molecule has 2 aromatic heterocycles. The zero-order chi connectivity index (χ0) is 21.8. The average Bonchev–Trinajstić information content (AvgIpc) is 3.40. The lowest BCUT2D eigenvalue weighted by atomic mass is 10.2. The number of hydrogen-bond donors (Lipinski definition) is 1. The molecule has 0 bridgehead atoms. The first kappa shape index (κ1) is 20.9. The van der Waals surface area contributed by atoms with E-state index in [1.54, 1.807) is 54.9 Å². The van der Waals surface area contributed by atoms with E-state index in [0.717, 1.165) is 0 Å². The van der Waals surface area contributed by atoms with Gasteiger partial charge in [-0.25, -0.2) is 9.07 Å². The fourth-order valence-corrected chi connectivity index (χ4v) is 3.14. The van der Waals surface area contributed by atoms with Gasteiger partial charge in [0.05, 0.1) is 23.5 Å². The molecule has 2 heterocycles. The second-order valence-corrected chi connectivity index (χ2v) is 7.32. The summed E-state index contributed by atoms with van der Waals surface area (Å²) >= 11 is 12.0. The second kappa shape index (κ2) is 9.20. The Balaban J connectivity index is 1.35. The van der Waals surface area contributed by atoms with E-state index < -0.39 is 5.91 Å². The Labute approximate surface area is 187 Å². The van der Waals surface area contributed by atoms with Gasteiger partial charge in [0.1, 0.15) is 16.6 Å². The van der Waals surface area contributed by atoms with E-state index in [9.17, 15) is 9.18 Å². The molecule has 0 fully saturated rings. The minimum absolute atomic E-state index is 0.0495. The van der Waals surface area contributed by atoms with Gasteiger partial charge in [-0.15, -0.1) is 0 Å². The maximum absolute atomic E-state index is 13.8. The van der Waals surface area contributed by atoms with Gasteiger partial charge < -0.3 is 10.1 Å². The number of nitrogens with one attached hydrogen (secondary N) is 1. The molecular weight excluding hydrogens is 444 g/mol. The Kier molecular flexibility index (Phi) is 6.20. The van der Waals surface area contributed by atoms with E-state index in [0.29, 0.717) is 27.0 Å². The largest absolute Gasteiger partial charge is 0.470 e. The Morgan fingerprint density at radius 2 is 1.94 bits per heavy atom. The van der Waals surface area contributed by atoms with Crippen LogP contribution in [0.25, 0.3) is 0 Å². The molecular formula is C21H16Cl2FN5O2. The summed E-state index contributed by atoms with van der Waals surface area (Å²) in [5, 5.41) is 11.7. The molecule has 4 aromatic rings. The first-order chi connectivity index (χ1) is 15.0. The molecule has 0 radical (unpaired) electrons. The molecule has 7 nitrogen and oxygen atoms in total. The van der Waals surface area contributed by atoms with Crippen LogP contribution in [0.4, 0.5) is 10.1 Å². The molecule has 0 spiro atoms. The summed E-state index contributed by atoms with van der Waals surface area (Å²) in [6.45, 7) is 0.300. The number of hydrogen-bond acceptors (Lipinski definition) is 4. The van der Waals surface area contributed by atoms with Crippen LogP contribution < -0.4 is 10.1 Å². The molecule has 2 aromatic carbocycles. The number of ether oxygens (including phenoxy) is 1. The first-order valence-corrected chi connectivity index (χ1v) is 9.92. The van der Waals surface area contributed by atoms with E-state index in [-0.39, 0.29) is 24.8 Å². The Morgan fingerprint density at radius 3 is 2.77 bits per heavy atom. The van der Waals surface area contributed by atoms with Gasteiger partial charge >= 0.3 is 0 Å². The Morgan fingerprint density at radius 1 is 1.10 bits per heavy atom. The number of anilines is 1. The van der Waals surface area contributed by atoms with E-state index in [4.69, 9.17) is 27.9 Å². The van der Waals surface area contributed by atoms with Crippen LogP contribution in [0.5, 0.6) is 5.75 Å². The highest BCUT2D eigenvalue weighted by Gasteiger charge is 2.12. The van der Waals surface area contributed by atoms with Crippen molar-refractivity contribution in [3.8, 4) is 5.75 Å². The van der Waals surface area contributed by atoms with Crippen molar-refractivity contribution in [1.82, 2.24) is 19.6 Å². The third-order valence-electron chi connectivity index (χ3n) is 4.32. The van der Waals surface area contributed by atoms with Gasteiger partial charge in [0.15, 0.2) is 12.4 Å². The highest BCUT2D eigenvalue weighted by molar-refractivity contribution is 6.42. The van der Waals surface area contributed by atoms with Crippen LogP contribution in [0.15, 0.2) is 67.1 Å². The van der Waals surface area contributed by atoms with Crippen molar-refractivity contribution in [1.29, 1.82) is 0 Å². The van der Waals surface area contributed by atoms with Crippen molar-refractivity contribution >= 4 is 34.8 Å². The minimum atomic E-state index is -0.412. The second-order valence-electron chi connectivity index (χ2n) is 6.54. The highest BCUT2D eigenvalue weighted by Crippen LogP contribution is 2.31. The van der Waals surface area contributed by atoms with Crippen LogP contribution in [0.3, 0.4) is 0 Å². The van der Waals surface area contributed by atoms with Crippen LogP contribution in [0, 0.1) is 5.82 Å². The summed E-state index contributed by atoms with van der Waals surface area (Å²) in [5.41, 5.74) is 1.17. The molecule has 4 rings (SSSR count). The van der Waals surface area contributed by atoms with E-state index in [1.807, 2.05) is 0 Å². The van der Waals surface area contributed by atoms with Crippen molar-refractivity contribution < 1.29 is 13.9 Å². The lowest BCUT2D eigenvalue weighted by Crippen LogP contribution is -2.14. The summed E-state index contributed by atoms with van der Waals surface area (Å²) in [5.74, 6) is -0.307. The molecule has 10 heteroatoms. The molecule has 158 valence electrons. The van der Waals surface area contributed by atoms with Crippen molar-refractivity contribution in [2.45, 2.75) is 13.3 Å². The fraction of sp³-hybridized carbons (Fsp3) is 0.0952. The molecule has 1 amide bonds. The number of benzene rings is 2. The first-order valence-electron chi connectivity index (χ1n) is 9.17. The summed E-state index contributed by atoms with van der Waals surface area (Å²) in [6.07, 6.45) is 4.71. The molecule has 0 aliphatic heterocycles. The van der Waals surface area contributed by atoms with Crippen molar-refractivity contribution in [3.05, 3.63) is 94.2 Å². The molecule has 0 atom stereocenters. The van der Waals surface area contributed by atoms with Gasteiger partial charge in [-0.1, -0.05) is 47.5 Å². The van der Waals surface area contributed by atoms with Crippen molar-refractivity contribution in [2.24, 2.45) is 0 Å². The number of aromatic nitrogens is 4. The zero-order valence-electron chi connectivity index (χ0n) is 16.0. The van der Waals surface area contributed by atoms with E-state index in [1.165, 1.54) is 21.6 Å². The maximum Gasteiger partial charge on any atom is 0.276 e. The van der Waals surface area contributed by atoms with Gasteiger partial charge in [-0.2, -0.15) is 10.2 Å². The molecule has 1 N–H and O–H groups in total. The van der Waals surface area contributed by atoms with Gasteiger partial charge in [-0.3, -0.25) is 9.48 Å². The molecule has 0 unspecified atom stereocenters. The third kappa shape index (κ3) is 5.04. The normalized spacial score (nSPS) is 10.8. The molecule has 0 saturated carbocycles. The monoisotopic (exact) mass is 459 g/mol. The molecule has 0 aliphatic carbocycles. The standard InChI is InChI=1S/C21H16Cl2FN5O2/c22-16-5-3-7-19(20(16)23)31-13-28-9-8-18(27-28)21(30)26-15-10-25-29(12-15)11-14-4-1-2-6-17(14)24/h1-10,12H,11,13H2,(H,26,30). The number of carbonyl (C=O) groups excluding carboxylic acids is 1. The average molecular weight is 460 g/mol. The van der Waals surface area contributed by atoms with E-state index in [2.05, 4.69) is 15.5 Å². The third-order valence-corrected chi connectivity index (χ3v) is 5.12. The Bertz CT molecular complexity index is 1220. The van der Waals surface area contributed by atoms with Crippen LogP contribution in [-0.2, 0) is 13.3 Å². The summed E-state index contributed by atoms with van der Waals surface area (Å²) in [7, 11) is 0. The number of carbonyl (C=O) groups is 1. The number of amides is 1. The van der Waals surface area contributed by atoms with Crippen LogP contribution in [-0.4, -0.2) is 25.5 Å². The predicted molar refractivity (Wildman–Crippen MR) is 115 cm³/mol. The fourth-order valence-electron chi connectivity index (χ4n) is 2.80. The predicted octanol–water partition coefficient (Wildman–Crippen LogP) is 4.86. The zero-order valence-corrected chi connectivity index (χ0v) is 17.5. The van der Waals surface area contributed by atoms with E-state index >= 15 is 0 Å². The van der Waals surface area contributed by atoms with Crippen LogP contribution in [0.1, 0.15) is 16.1 Å². The molecule has 31 heavy (non-hydrogen) atoms. The van der Waals surface area contributed by atoms with Gasteiger partial charge in [0.2, 0.25) is 0 Å². The summed E-state index contributed by atoms with van der Waals surface area (Å²) in [4.78, 5) is 12.5. The Hall–Kier alpha value is -3.36. The number of nitrogens with zero attached hydrogens (tertiary/aromatic N) is 4. The summed E-state index contributed by atoms with van der Waals surface area (Å²) < 4.78 is 22.4. The topological polar surface area (TPSA) is 74.0 Å². The quantitative estimate of drug-likeness (QED) is 0.428. The minimum Gasteiger partial charge on any atom is -0.470 e. The lowest BCUT2D eigenvalue weighted by Gasteiger charge is -2.08. The van der Waals surface area contributed by atoms with Crippen molar-refractivity contribution in [2.75, 3.05) is 5.32 Å². The van der Waals surface area contributed by atoms with Crippen molar-refractivity contribution in [3.63, 3.8) is 0 Å². The molecule has 0 saturated heterocycles.